The molecule has 2 aliphatic carbocycles. The molecule has 2 aromatic heterocycles. The average Bonchev–Trinajstić information content (AvgIpc) is 3.56. The molecule has 0 bridgehead atoms. The fourth-order valence-corrected chi connectivity index (χ4v) is 4.77. The zero-order chi connectivity index (χ0) is 20.7. The molecule has 0 spiro atoms. The van der Waals surface area contributed by atoms with Crippen LogP contribution < -0.4 is 5.32 Å². The monoisotopic (exact) mass is 419 g/mol. The van der Waals surface area contributed by atoms with E-state index in [4.69, 9.17) is 11.6 Å². The number of Topliss-reactive ketones (excluding diaryl/α,β-unsaturated/α-hetero) is 1. The van der Waals surface area contributed by atoms with Crippen LogP contribution in [0.2, 0.25) is 5.02 Å². The minimum Gasteiger partial charge on any atom is -0.310 e. The molecule has 2 unspecified atom stereocenters. The Balaban J connectivity index is 1.33. The Morgan fingerprint density at radius 2 is 1.90 bits per heavy atom. The summed E-state index contributed by atoms with van der Waals surface area (Å²) in [7, 11) is 0. The van der Waals surface area contributed by atoms with Gasteiger partial charge in [0.1, 0.15) is 11.6 Å². The van der Waals surface area contributed by atoms with Gasteiger partial charge in [-0.05, 0) is 66.5 Å². The summed E-state index contributed by atoms with van der Waals surface area (Å²) in [5, 5.41) is 5.61. The standard InChI is InChI=1S/C24H22ClN3O2/c25-21-10-16-13-27-23(11-15(16)9-18(21)14-4-6-17(29)7-5-14)28-24(30)20-12-19(20)22-3-1-2-8-26-22/h1-3,8-11,13-14,19-20H,4-7,12H2,(H,27,28,30). The van der Waals surface area contributed by atoms with Gasteiger partial charge in [-0.3, -0.25) is 14.6 Å². The molecule has 5 nitrogen and oxygen atoms in total. The Morgan fingerprint density at radius 3 is 2.67 bits per heavy atom. The van der Waals surface area contributed by atoms with E-state index in [1.807, 2.05) is 30.3 Å². The molecule has 0 aliphatic heterocycles. The number of hydrogen-bond acceptors (Lipinski definition) is 4. The van der Waals surface area contributed by atoms with Crippen molar-refractivity contribution in [3.8, 4) is 0 Å². The predicted molar refractivity (Wildman–Crippen MR) is 117 cm³/mol. The van der Waals surface area contributed by atoms with Crippen molar-refractivity contribution in [2.45, 2.75) is 43.9 Å². The van der Waals surface area contributed by atoms with Gasteiger partial charge in [-0.1, -0.05) is 17.7 Å². The van der Waals surface area contributed by atoms with Crippen LogP contribution in [0.4, 0.5) is 5.82 Å². The van der Waals surface area contributed by atoms with Crippen LogP contribution in [0.15, 0.2) is 48.8 Å². The van der Waals surface area contributed by atoms with Crippen LogP contribution in [0.3, 0.4) is 0 Å². The lowest BCUT2D eigenvalue weighted by Crippen LogP contribution is -2.15. The van der Waals surface area contributed by atoms with E-state index in [1.165, 1.54) is 0 Å². The van der Waals surface area contributed by atoms with Crippen molar-refractivity contribution in [2.75, 3.05) is 5.32 Å². The highest BCUT2D eigenvalue weighted by atomic mass is 35.5. The minimum atomic E-state index is -0.0575. The van der Waals surface area contributed by atoms with Gasteiger partial charge in [0.25, 0.3) is 0 Å². The second kappa shape index (κ2) is 7.80. The number of carbonyl (C=O) groups is 2. The van der Waals surface area contributed by atoms with E-state index in [1.54, 1.807) is 12.4 Å². The maximum atomic E-state index is 12.7. The molecular formula is C24H22ClN3O2. The number of aromatic nitrogens is 2. The first-order chi connectivity index (χ1) is 14.6. The molecule has 2 fully saturated rings. The third-order valence-corrected chi connectivity index (χ3v) is 6.59. The van der Waals surface area contributed by atoms with Gasteiger partial charge in [-0.15, -0.1) is 0 Å². The van der Waals surface area contributed by atoms with Crippen LogP contribution >= 0.6 is 11.6 Å². The SMILES string of the molecule is O=C1CCC(c2cc3cc(NC(=O)C4CC4c4ccccn4)ncc3cc2Cl)CC1. The fraction of sp³-hybridized carbons (Fsp3) is 0.333. The zero-order valence-electron chi connectivity index (χ0n) is 16.5. The van der Waals surface area contributed by atoms with Gasteiger partial charge in [0, 0.05) is 53.2 Å². The maximum Gasteiger partial charge on any atom is 0.229 e. The first-order valence-electron chi connectivity index (χ1n) is 10.4. The Hall–Kier alpha value is -2.79. The average molecular weight is 420 g/mol. The van der Waals surface area contributed by atoms with Crippen molar-refractivity contribution in [3.05, 3.63) is 65.1 Å². The number of amides is 1. The molecule has 2 saturated carbocycles. The van der Waals surface area contributed by atoms with Crippen LogP contribution in [0.5, 0.6) is 0 Å². The summed E-state index contributed by atoms with van der Waals surface area (Å²) in [6.45, 7) is 0. The van der Waals surface area contributed by atoms with E-state index in [0.29, 0.717) is 30.4 Å². The summed E-state index contributed by atoms with van der Waals surface area (Å²) >= 11 is 6.53. The number of benzene rings is 1. The highest BCUT2D eigenvalue weighted by Crippen LogP contribution is 2.47. The van der Waals surface area contributed by atoms with E-state index >= 15 is 0 Å². The fourth-order valence-electron chi connectivity index (χ4n) is 4.44. The molecule has 2 heterocycles. The molecule has 0 saturated heterocycles. The Bertz CT molecular complexity index is 1120. The highest BCUT2D eigenvalue weighted by molar-refractivity contribution is 6.32. The molecule has 152 valence electrons. The third-order valence-electron chi connectivity index (χ3n) is 6.27. The first kappa shape index (κ1) is 19.2. The van der Waals surface area contributed by atoms with Gasteiger partial charge in [0.15, 0.2) is 0 Å². The van der Waals surface area contributed by atoms with Crippen LogP contribution in [-0.2, 0) is 9.59 Å². The first-order valence-corrected chi connectivity index (χ1v) is 10.8. The molecule has 1 amide bonds. The van der Waals surface area contributed by atoms with Crippen LogP contribution in [0, 0.1) is 5.92 Å². The molecule has 0 radical (unpaired) electrons. The molecular weight excluding hydrogens is 398 g/mol. The maximum absolute atomic E-state index is 12.7. The number of pyridine rings is 2. The summed E-state index contributed by atoms with van der Waals surface area (Å²) in [5.41, 5.74) is 2.05. The number of hydrogen-bond donors (Lipinski definition) is 1. The normalized spacial score (nSPS) is 21.6. The third kappa shape index (κ3) is 3.82. The van der Waals surface area contributed by atoms with E-state index < -0.39 is 0 Å². The second-order valence-electron chi connectivity index (χ2n) is 8.30. The van der Waals surface area contributed by atoms with Crippen LogP contribution in [0.1, 0.15) is 55.2 Å². The molecule has 1 N–H and O–H groups in total. The van der Waals surface area contributed by atoms with Gasteiger partial charge in [-0.2, -0.15) is 0 Å². The Morgan fingerprint density at radius 1 is 1.07 bits per heavy atom. The number of halogens is 1. The lowest BCUT2D eigenvalue weighted by atomic mass is 9.83. The Kier molecular flexibility index (Phi) is 4.99. The van der Waals surface area contributed by atoms with E-state index in [0.717, 1.165) is 46.3 Å². The van der Waals surface area contributed by atoms with Gasteiger partial charge >= 0.3 is 0 Å². The molecule has 6 heteroatoms. The highest BCUT2D eigenvalue weighted by Gasteiger charge is 2.44. The van der Waals surface area contributed by atoms with Crippen molar-refractivity contribution in [1.29, 1.82) is 0 Å². The van der Waals surface area contributed by atoms with Gasteiger partial charge in [-0.25, -0.2) is 4.98 Å². The Labute approximate surface area is 179 Å². The van der Waals surface area contributed by atoms with Crippen molar-refractivity contribution in [3.63, 3.8) is 0 Å². The van der Waals surface area contributed by atoms with Crippen LogP contribution in [-0.4, -0.2) is 21.7 Å². The van der Waals surface area contributed by atoms with Crippen molar-refractivity contribution in [1.82, 2.24) is 9.97 Å². The van der Waals surface area contributed by atoms with Gasteiger partial charge in [0.2, 0.25) is 5.91 Å². The lowest BCUT2D eigenvalue weighted by Gasteiger charge is -2.22. The van der Waals surface area contributed by atoms with Crippen molar-refractivity contribution in [2.24, 2.45) is 5.92 Å². The lowest BCUT2D eigenvalue weighted by molar-refractivity contribution is -0.120. The van der Waals surface area contributed by atoms with Crippen molar-refractivity contribution >= 4 is 39.9 Å². The second-order valence-corrected chi connectivity index (χ2v) is 8.70. The number of nitrogens with one attached hydrogen (secondary N) is 1. The van der Waals surface area contributed by atoms with Gasteiger partial charge < -0.3 is 5.32 Å². The number of anilines is 1. The molecule has 1 aromatic carbocycles. The van der Waals surface area contributed by atoms with E-state index in [9.17, 15) is 9.59 Å². The summed E-state index contributed by atoms with van der Waals surface area (Å²) in [5.74, 6) is 1.30. The zero-order valence-corrected chi connectivity index (χ0v) is 17.2. The summed E-state index contributed by atoms with van der Waals surface area (Å²) in [6, 6.07) is 11.7. The molecule has 2 atom stereocenters. The minimum absolute atomic E-state index is 0.0162. The summed E-state index contributed by atoms with van der Waals surface area (Å²) in [4.78, 5) is 33.0. The number of carbonyl (C=O) groups excluding carboxylic acids is 2. The topological polar surface area (TPSA) is 72.0 Å². The van der Waals surface area contributed by atoms with Gasteiger partial charge in [0.05, 0.1) is 0 Å². The number of nitrogens with zero attached hydrogens (tertiary/aromatic N) is 2. The van der Waals surface area contributed by atoms with E-state index in [2.05, 4.69) is 21.4 Å². The largest absolute Gasteiger partial charge is 0.310 e. The summed E-state index contributed by atoms with van der Waals surface area (Å²) < 4.78 is 0. The van der Waals surface area contributed by atoms with E-state index in [-0.39, 0.29) is 17.7 Å². The number of fused-ring (bicyclic) bond motifs is 1. The molecule has 3 aromatic rings. The molecule has 2 aliphatic rings. The van der Waals surface area contributed by atoms with Crippen molar-refractivity contribution < 1.29 is 9.59 Å². The summed E-state index contributed by atoms with van der Waals surface area (Å²) in [6.07, 6.45) is 7.25. The smallest absolute Gasteiger partial charge is 0.229 e. The number of ketones is 1. The van der Waals surface area contributed by atoms with Crippen LogP contribution in [0.25, 0.3) is 10.8 Å². The molecule has 30 heavy (non-hydrogen) atoms. The predicted octanol–water partition coefficient (Wildman–Crippen LogP) is 5.25. The molecule has 5 rings (SSSR count). The number of rotatable bonds is 4. The quantitative estimate of drug-likeness (QED) is 0.626.